The van der Waals surface area contributed by atoms with E-state index in [9.17, 15) is 4.79 Å². The Kier molecular flexibility index (Phi) is 3.58. The zero-order valence-electron chi connectivity index (χ0n) is 12.8. The number of aromatic nitrogens is 1. The normalized spacial score (nSPS) is 10.9. The minimum absolute atomic E-state index is 0.108. The van der Waals surface area contributed by atoms with Crippen LogP contribution in [0.5, 0.6) is 0 Å². The number of pyridine rings is 1. The third-order valence-corrected chi connectivity index (χ3v) is 4.75. The van der Waals surface area contributed by atoms with Gasteiger partial charge in [-0.05, 0) is 37.6 Å². The Morgan fingerprint density at radius 1 is 1.23 bits per heavy atom. The molecule has 0 radical (unpaired) electrons. The smallest absolute Gasteiger partial charge is 0.270 e. The molecule has 22 heavy (non-hydrogen) atoms. The van der Waals surface area contributed by atoms with E-state index >= 15 is 0 Å². The summed E-state index contributed by atoms with van der Waals surface area (Å²) in [5, 5.41) is 0.889. The quantitative estimate of drug-likeness (QED) is 0.783. The lowest BCUT2D eigenvalue weighted by molar-refractivity contribution is 0.0997. The summed E-state index contributed by atoms with van der Waals surface area (Å²) in [6.45, 7) is 3.94. The van der Waals surface area contributed by atoms with E-state index in [0.717, 1.165) is 27.2 Å². The second-order valence-electron chi connectivity index (χ2n) is 5.31. The molecular formula is C17H17N3OS. The minimum Gasteiger partial charge on any atom is -0.397 e. The van der Waals surface area contributed by atoms with Crippen molar-refractivity contribution in [2.45, 2.75) is 13.8 Å². The van der Waals surface area contributed by atoms with Gasteiger partial charge in [-0.1, -0.05) is 18.2 Å². The lowest BCUT2D eigenvalue weighted by Gasteiger charge is -2.16. The molecule has 0 aliphatic carbocycles. The third-order valence-electron chi connectivity index (χ3n) is 3.67. The van der Waals surface area contributed by atoms with E-state index in [1.807, 2.05) is 50.2 Å². The molecule has 0 unspecified atom stereocenters. The number of nitrogens with two attached hydrogens (primary N) is 1. The first-order valence-corrected chi connectivity index (χ1v) is 7.80. The van der Waals surface area contributed by atoms with Crippen LogP contribution in [0, 0.1) is 13.8 Å². The molecule has 0 aliphatic rings. The first-order valence-electron chi connectivity index (χ1n) is 6.98. The van der Waals surface area contributed by atoms with Crippen molar-refractivity contribution < 1.29 is 4.79 Å². The van der Waals surface area contributed by atoms with E-state index in [2.05, 4.69) is 4.98 Å². The summed E-state index contributed by atoms with van der Waals surface area (Å²) in [5.41, 5.74) is 9.58. The number of aryl methyl sites for hydroxylation is 2. The summed E-state index contributed by atoms with van der Waals surface area (Å²) in [7, 11) is 1.76. The maximum Gasteiger partial charge on any atom is 0.270 e. The number of amides is 1. The van der Waals surface area contributed by atoms with Crippen LogP contribution >= 0.6 is 11.3 Å². The van der Waals surface area contributed by atoms with Gasteiger partial charge in [-0.25, -0.2) is 4.98 Å². The molecule has 0 aliphatic heterocycles. The first-order chi connectivity index (χ1) is 10.5. The highest BCUT2D eigenvalue weighted by molar-refractivity contribution is 7.21. The first kappa shape index (κ1) is 14.5. The molecule has 3 aromatic rings. The van der Waals surface area contributed by atoms with E-state index in [0.29, 0.717) is 10.6 Å². The van der Waals surface area contributed by atoms with Gasteiger partial charge in [0.05, 0.1) is 5.69 Å². The molecule has 0 atom stereocenters. The highest BCUT2D eigenvalue weighted by atomic mass is 32.1. The number of benzene rings is 1. The maximum absolute atomic E-state index is 12.8. The molecule has 0 spiro atoms. The van der Waals surface area contributed by atoms with Gasteiger partial charge in [0, 0.05) is 23.8 Å². The van der Waals surface area contributed by atoms with Crippen molar-refractivity contribution in [3.05, 3.63) is 52.5 Å². The van der Waals surface area contributed by atoms with E-state index in [1.54, 1.807) is 11.9 Å². The number of carbonyl (C=O) groups excluding carboxylic acids is 1. The van der Waals surface area contributed by atoms with Crippen LogP contribution in [0.25, 0.3) is 10.2 Å². The van der Waals surface area contributed by atoms with Crippen LogP contribution < -0.4 is 10.6 Å². The van der Waals surface area contributed by atoms with Crippen LogP contribution in [0.2, 0.25) is 0 Å². The number of anilines is 2. The van der Waals surface area contributed by atoms with Gasteiger partial charge in [0.25, 0.3) is 5.91 Å². The number of para-hydroxylation sites is 1. The largest absolute Gasteiger partial charge is 0.397 e. The summed E-state index contributed by atoms with van der Waals surface area (Å²) in [4.78, 5) is 20.2. The number of hydrogen-bond acceptors (Lipinski definition) is 4. The maximum atomic E-state index is 12.8. The predicted octanol–water partition coefficient (Wildman–Crippen LogP) is 3.77. The molecule has 2 heterocycles. The minimum atomic E-state index is -0.108. The van der Waals surface area contributed by atoms with Crippen molar-refractivity contribution in [2.24, 2.45) is 0 Å². The molecule has 2 aromatic heterocycles. The van der Waals surface area contributed by atoms with Crippen LogP contribution in [0.15, 0.2) is 36.4 Å². The second-order valence-corrected chi connectivity index (χ2v) is 6.30. The van der Waals surface area contributed by atoms with E-state index in [-0.39, 0.29) is 5.91 Å². The Labute approximate surface area is 133 Å². The van der Waals surface area contributed by atoms with E-state index < -0.39 is 0 Å². The van der Waals surface area contributed by atoms with Crippen LogP contribution in [-0.4, -0.2) is 17.9 Å². The zero-order chi connectivity index (χ0) is 15.9. The highest BCUT2D eigenvalue weighted by Crippen LogP contribution is 2.36. The molecular weight excluding hydrogens is 294 g/mol. The molecule has 0 fully saturated rings. The van der Waals surface area contributed by atoms with Crippen molar-refractivity contribution in [1.29, 1.82) is 0 Å². The lowest BCUT2D eigenvalue weighted by Crippen LogP contribution is -2.25. The van der Waals surface area contributed by atoms with Crippen molar-refractivity contribution >= 4 is 38.8 Å². The molecule has 1 amide bonds. The molecule has 5 heteroatoms. The summed E-state index contributed by atoms with van der Waals surface area (Å²) < 4.78 is 0. The van der Waals surface area contributed by atoms with Crippen LogP contribution in [0.1, 0.15) is 20.9 Å². The van der Waals surface area contributed by atoms with Gasteiger partial charge in [-0.3, -0.25) is 4.79 Å². The fourth-order valence-electron chi connectivity index (χ4n) is 2.55. The van der Waals surface area contributed by atoms with Crippen molar-refractivity contribution in [3.63, 3.8) is 0 Å². The zero-order valence-corrected chi connectivity index (χ0v) is 13.6. The SMILES string of the molecule is Cc1cc(C)c2c(N)c(C(=O)N(C)c3ccccc3)sc2n1. The summed E-state index contributed by atoms with van der Waals surface area (Å²) in [6.07, 6.45) is 0. The Bertz CT molecular complexity index is 855. The molecule has 0 bridgehead atoms. The van der Waals surface area contributed by atoms with Gasteiger partial charge in [-0.15, -0.1) is 11.3 Å². The van der Waals surface area contributed by atoms with Gasteiger partial charge in [0.2, 0.25) is 0 Å². The molecule has 3 rings (SSSR count). The molecule has 2 N–H and O–H groups in total. The Morgan fingerprint density at radius 3 is 2.59 bits per heavy atom. The summed E-state index contributed by atoms with van der Waals surface area (Å²) >= 11 is 1.36. The average Bonchev–Trinajstić information content (AvgIpc) is 2.83. The van der Waals surface area contributed by atoms with Gasteiger partial charge in [0.1, 0.15) is 9.71 Å². The topological polar surface area (TPSA) is 59.2 Å². The Balaban J connectivity index is 2.09. The third kappa shape index (κ3) is 2.33. The molecule has 4 nitrogen and oxygen atoms in total. The van der Waals surface area contributed by atoms with E-state index in [4.69, 9.17) is 5.73 Å². The number of nitrogen functional groups attached to an aromatic ring is 1. The van der Waals surface area contributed by atoms with Gasteiger partial charge >= 0.3 is 0 Å². The number of rotatable bonds is 2. The van der Waals surface area contributed by atoms with Crippen LogP contribution in [-0.2, 0) is 0 Å². The van der Waals surface area contributed by atoms with Crippen molar-refractivity contribution in [2.75, 3.05) is 17.7 Å². The van der Waals surface area contributed by atoms with Crippen LogP contribution in [0.3, 0.4) is 0 Å². The molecule has 0 saturated carbocycles. The predicted molar refractivity (Wildman–Crippen MR) is 92.7 cm³/mol. The summed E-state index contributed by atoms with van der Waals surface area (Å²) in [5.74, 6) is -0.108. The Morgan fingerprint density at radius 2 is 1.91 bits per heavy atom. The molecule has 0 saturated heterocycles. The number of carbonyl (C=O) groups is 1. The fourth-order valence-corrected chi connectivity index (χ4v) is 3.74. The summed E-state index contributed by atoms with van der Waals surface area (Å²) in [6, 6.07) is 11.5. The Hall–Kier alpha value is -2.40. The van der Waals surface area contributed by atoms with Gasteiger partial charge in [0.15, 0.2) is 0 Å². The van der Waals surface area contributed by atoms with Crippen molar-refractivity contribution in [1.82, 2.24) is 4.98 Å². The van der Waals surface area contributed by atoms with Gasteiger partial charge in [-0.2, -0.15) is 0 Å². The standard InChI is InChI=1S/C17H17N3OS/c1-10-9-11(2)19-16-13(10)14(18)15(22-16)17(21)20(3)12-7-5-4-6-8-12/h4-9H,18H2,1-3H3. The number of nitrogens with zero attached hydrogens (tertiary/aromatic N) is 2. The second kappa shape index (κ2) is 5.42. The number of thiophene rings is 1. The average molecular weight is 311 g/mol. The molecule has 112 valence electrons. The van der Waals surface area contributed by atoms with E-state index in [1.165, 1.54) is 11.3 Å². The van der Waals surface area contributed by atoms with Crippen molar-refractivity contribution in [3.8, 4) is 0 Å². The monoisotopic (exact) mass is 311 g/mol. The highest BCUT2D eigenvalue weighted by Gasteiger charge is 2.22. The fraction of sp³-hybridized carbons (Fsp3) is 0.176. The van der Waals surface area contributed by atoms with Crippen LogP contribution in [0.4, 0.5) is 11.4 Å². The van der Waals surface area contributed by atoms with Gasteiger partial charge < -0.3 is 10.6 Å². The number of hydrogen-bond donors (Lipinski definition) is 1. The molecule has 1 aromatic carbocycles. The number of fused-ring (bicyclic) bond motifs is 1. The lowest BCUT2D eigenvalue weighted by atomic mass is 10.1.